The van der Waals surface area contributed by atoms with Gasteiger partial charge in [0.05, 0.1) is 31.6 Å². The SMILES string of the molecule is Cc1cc(CN2CCC3(CC2)CO[C@@H](COCc2cccnc2)C3)no1. The smallest absolute Gasteiger partial charge is 0.133 e. The molecule has 0 unspecified atom stereocenters. The van der Waals surface area contributed by atoms with Gasteiger partial charge in [0.2, 0.25) is 0 Å². The number of piperidine rings is 1. The van der Waals surface area contributed by atoms with E-state index in [4.69, 9.17) is 14.0 Å². The van der Waals surface area contributed by atoms with Crippen molar-refractivity contribution in [3.05, 3.63) is 47.6 Å². The Hall–Kier alpha value is -1.76. The lowest BCUT2D eigenvalue weighted by molar-refractivity contribution is 0.00625. The topological polar surface area (TPSA) is 60.6 Å². The first-order chi connectivity index (χ1) is 12.7. The summed E-state index contributed by atoms with van der Waals surface area (Å²) < 4.78 is 17.1. The molecular weight excluding hydrogens is 330 g/mol. The van der Waals surface area contributed by atoms with E-state index in [0.29, 0.717) is 18.6 Å². The average molecular weight is 357 g/mol. The van der Waals surface area contributed by atoms with Gasteiger partial charge in [-0.15, -0.1) is 0 Å². The highest BCUT2D eigenvalue weighted by Gasteiger charge is 2.42. The zero-order valence-corrected chi connectivity index (χ0v) is 15.4. The summed E-state index contributed by atoms with van der Waals surface area (Å²) in [5.74, 6) is 0.881. The minimum absolute atomic E-state index is 0.219. The molecule has 2 fully saturated rings. The zero-order chi connectivity index (χ0) is 17.8. The maximum atomic E-state index is 6.05. The molecule has 4 heterocycles. The molecule has 2 saturated heterocycles. The van der Waals surface area contributed by atoms with E-state index < -0.39 is 0 Å². The zero-order valence-electron chi connectivity index (χ0n) is 15.4. The molecule has 0 saturated carbocycles. The first-order valence-electron chi connectivity index (χ1n) is 9.44. The Morgan fingerprint density at radius 3 is 2.96 bits per heavy atom. The van der Waals surface area contributed by atoms with Crippen LogP contribution in [0.3, 0.4) is 0 Å². The van der Waals surface area contributed by atoms with Crippen molar-refractivity contribution in [1.29, 1.82) is 0 Å². The van der Waals surface area contributed by atoms with Gasteiger partial charge in [0.1, 0.15) is 5.76 Å². The number of pyridine rings is 1. The summed E-state index contributed by atoms with van der Waals surface area (Å²) in [5, 5.41) is 4.11. The highest BCUT2D eigenvalue weighted by atomic mass is 16.5. The van der Waals surface area contributed by atoms with E-state index in [1.807, 2.05) is 31.3 Å². The lowest BCUT2D eigenvalue weighted by Gasteiger charge is -2.38. The van der Waals surface area contributed by atoms with Crippen LogP contribution in [0.4, 0.5) is 0 Å². The Bertz CT molecular complexity index is 695. The third kappa shape index (κ3) is 4.31. The fourth-order valence-corrected chi connectivity index (χ4v) is 4.05. The molecular formula is C20H27N3O3. The molecule has 0 bridgehead atoms. The van der Waals surface area contributed by atoms with E-state index in [1.165, 1.54) is 12.8 Å². The molecule has 1 atom stereocenters. The van der Waals surface area contributed by atoms with Gasteiger partial charge in [0.15, 0.2) is 0 Å². The highest BCUT2D eigenvalue weighted by Crippen LogP contribution is 2.42. The number of nitrogens with zero attached hydrogens (tertiary/aromatic N) is 3. The molecule has 1 spiro atoms. The molecule has 2 aromatic rings. The van der Waals surface area contributed by atoms with Crippen LogP contribution in [0, 0.1) is 12.3 Å². The monoisotopic (exact) mass is 357 g/mol. The molecule has 2 aromatic heterocycles. The maximum Gasteiger partial charge on any atom is 0.133 e. The molecule has 0 aromatic carbocycles. The largest absolute Gasteiger partial charge is 0.375 e. The van der Waals surface area contributed by atoms with E-state index in [2.05, 4.69) is 15.0 Å². The second-order valence-electron chi connectivity index (χ2n) is 7.72. The lowest BCUT2D eigenvalue weighted by atomic mass is 9.76. The van der Waals surface area contributed by atoms with Gasteiger partial charge >= 0.3 is 0 Å². The number of aromatic nitrogens is 2. The molecule has 2 aliphatic rings. The number of hydrogen-bond donors (Lipinski definition) is 0. The Labute approximate surface area is 154 Å². The number of likely N-dealkylation sites (tertiary alicyclic amines) is 1. The minimum atomic E-state index is 0.219. The molecule has 6 heteroatoms. The second kappa shape index (κ2) is 7.86. The summed E-state index contributed by atoms with van der Waals surface area (Å²) in [6.45, 7) is 7.14. The Morgan fingerprint density at radius 2 is 2.23 bits per heavy atom. The van der Waals surface area contributed by atoms with Gasteiger partial charge < -0.3 is 14.0 Å². The Kier molecular flexibility index (Phi) is 5.33. The van der Waals surface area contributed by atoms with Gasteiger partial charge in [-0.1, -0.05) is 11.2 Å². The van der Waals surface area contributed by atoms with Crippen molar-refractivity contribution in [2.24, 2.45) is 5.41 Å². The van der Waals surface area contributed by atoms with Gasteiger partial charge in [-0.3, -0.25) is 9.88 Å². The van der Waals surface area contributed by atoms with Gasteiger partial charge in [0, 0.05) is 25.0 Å². The molecule has 4 rings (SSSR count). The van der Waals surface area contributed by atoms with E-state index in [1.54, 1.807) is 6.20 Å². The maximum absolute atomic E-state index is 6.05. The first kappa shape index (κ1) is 17.6. The standard InChI is InChI=1S/C20H27N3O3/c1-16-9-18(22-26-16)12-23-7-4-20(5-8-23)10-19(25-15-20)14-24-13-17-3-2-6-21-11-17/h2-3,6,9,11,19H,4-5,7-8,10,12-15H2,1H3/t19-/m1/s1. The third-order valence-corrected chi connectivity index (χ3v) is 5.56. The summed E-state index contributed by atoms with van der Waals surface area (Å²) >= 11 is 0. The van der Waals surface area contributed by atoms with Gasteiger partial charge in [-0.2, -0.15) is 0 Å². The number of rotatable bonds is 6. The lowest BCUT2D eigenvalue weighted by Crippen LogP contribution is -2.40. The van der Waals surface area contributed by atoms with E-state index in [-0.39, 0.29) is 6.10 Å². The summed E-state index contributed by atoms with van der Waals surface area (Å²) in [4.78, 5) is 6.58. The average Bonchev–Trinajstić information content (AvgIpc) is 3.25. The molecule has 0 radical (unpaired) electrons. The highest BCUT2D eigenvalue weighted by molar-refractivity contribution is 5.07. The van der Waals surface area contributed by atoms with Crippen LogP contribution in [0.2, 0.25) is 0 Å². The molecule has 0 N–H and O–H groups in total. The summed E-state index contributed by atoms with van der Waals surface area (Å²) in [5.41, 5.74) is 2.47. The minimum Gasteiger partial charge on any atom is -0.375 e. The fourth-order valence-electron chi connectivity index (χ4n) is 4.05. The Balaban J connectivity index is 1.20. The van der Waals surface area contributed by atoms with Crippen molar-refractivity contribution in [3.63, 3.8) is 0 Å². The van der Waals surface area contributed by atoms with Gasteiger partial charge in [0.25, 0.3) is 0 Å². The van der Waals surface area contributed by atoms with Crippen LogP contribution >= 0.6 is 0 Å². The van der Waals surface area contributed by atoms with Crippen LogP contribution in [-0.2, 0) is 22.6 Å². The van der Waals surface area contributed by atoms with Crippen LogP contribution in [0.25, 0.3) is 0 Å². The van der Waals surface area contributed by atoms with Crippen molar-refractivity contribution in [2.45, 2.75) is 45.4 Å². The van der Waals surface area contributed by atoms with Crippen molar-refractivity contribution in [2.75, 3.05) is 26.3 Å². The van der Waals surface area contributed by atoms with Crippen molar-refractivity contribution < 1.29 is 14.0 Å². The molecule has 140 valence electrons. The molecule has 0 amide bonds. The summed E-state index contributed by atoms with van der Waals surface area (Å²) in [6, 6.07) is 6.00. The molecule has 2 aliphatic heterocycles. The van der Waals surface area contributed by atoms with Crippen molar-refractivity contribution >= 4 is 0 Å². The van der Waals surface area contributed by atoms with Crippen molar-refractivity contribution in [1.82, 2.24) is 15.0 Å². The normalized spacial score (nSPS) is 22.9. The van der Waals surface area contributed by atoms with Crippen LogP contribution in [0.15, 0.2) is 35.1 Å². The third-order valence-electron chi connectivity index (χ3n) is 5.56. The molecule has 6 nitrogen and oxygen atoms in total. The van der Waals surface area contributed by atoms with Crippen LogP contribution in [0.5, 0.6) is 0 Å². The van der Waals surface area contributed by atoms with Crippen molar-refractivity contribution in [3.8, 4) is 0 Å². The predicted molar refractivity (Wildman–Crippen MR) is 96.4 cm³/mol. The number of aryl methyl sites for hydroxylation is 1. The quantitative estimate of drug-likeness (QED) is 0.792. The number of hydrogen-bond acceptors (Lipinski definition) is 6. The second-order valence-corrected chi connectivity index (χ2v) is 7.72. The summed E-state index contributed by atoms with van der Waals surface area (Å²) in [7, 11) is 0. The van der Waals surface area contributed by atoms with E-state index >= 15 is 0 Å². The predicted octanol–water partition coefficient (Wildman–Crippen LogP) is 2.97. The van der Waals surface area contributed by atoms with Crippen LogP contribution < -0.4 is 0 Å². The molecule has 26 heavy (non-hydrogen) atoms. The van der Waals surface area contributed by atoms with E-state index in [0.717, 1.165) is 49.7 Å². The summed E-state index contributed by atoms with van der Waals surface area (Å²) in [6.07, 6.45) is 7.33. The van der Waals surface area contributed by atoms with Crippen LogP contribution in [0.1, 0.15) is 36.3 Å². The Morgan fingerprint density at radius 1 is 1.35 bits per heavy atom. The fraction of sp³-hybridized carbons (Fsp3) is 0.600. The first-order valence-corrected chi connectivity index (χ1v) is 9.44. The number of ether oxygens (including phenoxy) is 2. The van der Waals surface area contributed by atoms with Gasteiger partial charge in [-0.25, -0.2) is 0 Å². The van der Waals surface area contributed by atoms with Crippen LogP contribution in [-0.4, -0.2) is 47.4 Å². The molecule has 0 aliphatic carbocycles. The van der Waals surface area contributed by atoms with E-state index in [9.17, 15) is 0 Å². The van der Waals surface area contributed by atoms with Gasteiger partial charge in [-0.05, 0) is 56.3 Å².